The Hall–Kier alpha value is -0.480. The molecule has 0 amide bonds. The Bertz CT molecular complexity index is 445. The van der Waals surface area contributed by atoms with Crippen LogP contribution in [0.1, 0.15) is 32.3 Å². The number of aryl methyl sites for hydroxylation is 1. The molecule has 1 aromatic rings. The van der Waals surface area contributed by atoms with Gasteiger partial charge in [-0.05, 0) is 36.6 Å². The van der Waals surface area contributed by atoms with Crippen molar-refractivity contribution < 1.29 is 0 Å². The van der Waals surface area contributed by atoms with E-state index in [1.165, 1.54) is 24.1 Å². The average Bonchev–Trinajstić information content (AvgIpc) is 2.79. The lowest BCUT2D eigenvalue weighted by atomic mass is 10.1. The molecule has 2 nitrogen and oxygen atoms in total. The Morgan fingerprint density at radius 2 is 2.28 bits per heavy atom. The van der Waals surface area contributed by atoms with E-state index in [1.807, 2.05) is 11.8 Å². The molecule has 0 bridgehead atoms. The SMILES string of the molecule is CCCC1CN=C(Nc2ccc(Br)cc2CC)S1. The summed E-state index contributed by atoms with van der Waals surface area (Å²) in [5.41, 5.74) is 2.51. The number of anilines is 1. The van der Waals surface area contributed by atoms with Crippen molar-refractivity contribution >= 4 is 38.5 Å². The van der Waals surface area contributed by atoms with E-state index in [1.54, 1.807) is 0 Å². The normalized spacial score (nSPS) is 18.8. The molecule has 4 heteroatoms. The van der Waals surface area contributed by atoms with E-state index in [0.717, 1.165) is 22.6 Å². The predicted molar refractivity (Wildman–Crippen MR) is 85.7 cm³/mol. The van der Waals surface area contributed by atoms with Crippen molar-refractivity contribution in [1.82, 2.24) is 0 Å². The van der Waals surface area contributed by atoms with Gasteiger partial charge in [-0.3, -0.25) is 4.99 Å². The maximum atomic E-state index is 4.59. The first-order chi connectivity index (χ1) is 8.72. The minimum Gasteiger partial charge on any atom is -0.335 e. The molecule has 1 atom stereocenters. The van der Waals surface area contributed by atoms with Crippen molar-refractivity contribution in [2.45, 2.75) is 38.4 Å². The van der Waals surface area contributed by atoms with Crippen molar-refractivity contribution in [3.05, 3.63) is 28.2 Å². The quantitative estimate of drug-likeness (QED) is 0.867. The number of benzene rings is 1. The molecule has 0 spiro atoms. The molecular formula is C14H19BrN2S. The highest BCUT2D eigenvalue weighted by molar-refractivity contribution is 9.10. The highest BCUT2D eigenvalue weighted by atomic mass is 79.9. The van der Waals surface area contributed by atoms with Crippen LogP contribution in [0, 0.1) is 0 Å². The maximum Gasteiger partial charge on any atom is 0.161 e. The number of rotatable bonds is 4. The van der Waals surface area contributed by atoms with Gasteiger partial charge in [0.2, 0.25) is 0 Å². The van der Waals surface area contributed by atoms with Crippen molar-refractivity contribution in [2.75, 3.05) is 11.9 Å². The van der Waals surface area contributed by atoms with Crippen LogP contribution in [0.25, 0.3) is 0 Å². The van der Waals surface area contributed by atoms with Crippen LogP contribution in [0.15, 0.2) is 27.7 Å². The Morgan fingerprint density at radius 3 is 3.00 bits per heavy atom. The van der Waals surface area contributed by atoms with Gasteiger partial charge in [-0.1, -0.05) is 48.0 Å². The van der Waals surface area contributed by atoms with Crippen LogP contribution in [0.4, 0.5) is 5.69 Å². The number of nitrogens with one attached hydrogen (secondary N) is 1. The summed E-state index contributed by atoms with van der Waals surface area (Å²) in [6.07, 6.45) is 3.51. The number of halogens is 1. The van der Waals surface area contributed by atoms with Gasteiger partial charge in [-0.25, -0.2) is 0 Å². The smallest absolute Gasteiger partial charge is 0.161 e. The van der Waals surface area contributed by atoms with Crippen molar-refractivity contribution in [1.29, 1.82) is 0 Å². The second kappa shape index (κ2) is 6.62. The maximum absolute atomic E-state index is 4.59. The van der Waals surface area contributed by atoms with Gasteiger partial charge in [0.25, 0.3) is 0 Å². The molecule has 1 aromatic carbocycles. The first-order valence-corrected chi connectivity index (χ1v) is 8.16. The van der Waals surface area contributed by atoms with Crippen LogP contribution in [-0.2, 0) is 6.42 Å². The van der Waals surface area contributed by atoms with Gasteiger partial charge in [-0.2, -0.15) is 0 Å². The molecule has 0 saturated carbocycles. The molecule has 1 aliphatic rings. The van der Waals surface area contributed by atoms with E-state index in [-0.39, 0.29) is 0 Å². The minimum absolute atomic E-state index is 0.665. The average molecular weight is 327 g/mol. The molecule has 0 saturated heterocycles. The van der Waals surface area contributed by atoms with E-state index in [4.69, 9.17) is 0 Å². The van der Waals surface area contributed by atoms with Crippen LogP contribution in [-0.4, -0.2) is 17.0 Å². The number of aliphatic imine (C=N–C) groups is 1. The Labute approximate surface area is 122 Å². The van der Waals surface area contributed by atoms with E-state index >= 15 is 0 Å². The molecule has 0 fully saturated rings. The molecule has 0 aromatic heterocycles. The second-order valence-electron chi connectivity index (χ2n) is 4.45. The van der Waals surface area contributed by atoms with Crippen molar-refractivity contribution in [3.8, 4) is 0 Å². The third-order valence-electron chi connectivity index (χ3n) is 3.02. The summed E-state index contributed by atoms with van der Waals surface area (Å²) in [4.78, 5) is 4.59. The second-order valence-corrected chi connectivity index (χ2v) is 6.66. The number of nitrogens with zero attached hydrogens (tertiary/aromatic N) is 1. The lowest BCUT2D eigenvalue weighted by molar-refractivity contribution is 0.754. The summed E-state index contributed by atoms with van der Waals surface area (Å²) >= 11 is 5.40. The lowest BCUT2D eigenvalue weighted by Crippen LogP contribution is -2.09. The summed E-state index contributed by atoms with van der Waals surface area (Å²) in [6, 6.07) is 6.37. The van der Waals surface area contributed by atoms with Crippen LogP contribution >= 0.6 is 27.7 Å². The minimum atomic E-state index is 0.665. The largest absolute Gasteiger partial charge is 0.335 e. The molecule has 98 valence electrons. The van der Waals surface area contributed by atoms with Gasteiger partial charge in [0.15, 0.2) is 5.17 Å². The number of hydrogen-bond donors (Lipinski definition) is 1. The molecule has 1 aliphatic heterocycles. The number of thioether (sulfide) groups is 1. The number of amidine groups is 1. The third-order valence-corrected chi connectivity index (χ3v) is 4.68. The number of hydrogen-bond acceptors (Lipinski definition) is 3. The highest BCUT2D eigenvalue weighted by Crippen LogP contribution is 2.28. The van der Waals surface area contributed by atoms with E-state index in [9.17, 15) is 0 Å². The van der Waals surface area contributed by atoms with Crippen LogP contribution in [0.3, 0.4) is 0 Å². The molecular weight excluding hydrogens is 308 g/mol. The molecule has 1 unspecified atom stereocenters. The van der Waals surface area contributed by atoms with Gasteiger partial charge in [-0.15, -0.1) is 0 Å². The van der Waals surface area contributed by atoms with Crippen LogP contribution < -0.4 is 5.32 Å². The van der Waals surface area contributed by atoms with Crippen LogP contribution in [0.2, 0.25) is 0 Å². The van der Waals surface area contributed by atoms with E-state index < -0.39 is 0 Å². The van der Waals surface area contributed by atoms with Gasteiger partial charge >= 0.3 is 0 Å². The zero-order valence-corrected chi connectivity index (χ0v) is 13.3. The fourth-order valence-corrected chi connectivity index (χ4v) is 3.60. The Balaban J connectivity index is 2.02. The standard InChI is InChI=1S/C14H19BrN2S/c1-3-5-12-9-16-14(18-12)17-13-7-6-11(15)8-10(13)4-2/h6-8,12H,3-5,9H2,1-2H3,(H,16,17). The highest BCUT2D eigenvalue weighted by Gasteiger charge is 2.19. The summed E-state index contributed by atoms with van der Waals surface area (Å²) < 4.78 is 1.13. The molecule has 0 aliphatic carbocycles. The summed E-state index contributed by atoms with van der Waals surface area (Å²) in [5.74, 6) is 0. The van der Waals surface area contributed by atoms with Gasteiger partial charge in [0, 0.05) is 15.4 Å². The lowest BCUT2D eigenvalue weighted by Gasteiger charge is -2.11. The Morgan fingerprint density at radius 1 is 1.44 bits per heavy atom. The van der Waals surface area contributed by atoms with Gasteiger partial charge < -0.3 is 5.32 Å². The van der Waals surface area contributed by atoms with Crippen molar-refractivity contribution in [3.63, 3.8) is 0 Å². The predicted octanol–water partition coefficient (Wildman–Crippen LogP) is 4.69. The van der Waals surface area contributed by atoms with Crippen molar-refractivity contribution in [2.24, 2.45) is 4.99 Å². The molecule has 2 rings (SSSR count). The van der Waals surface area contributed by atoms with Gasteiger partial charge in [0.1, 0.15) is 0 Å². The molecule has 18 heavy (non-hydrogen) atoms. The fourth-order valence-electron chi connectivity index (χ4n) is 2.05. The van der Waals surface area contributed by atoms with E-state index in [2.05, 4.69) is 58.3 Å². The zero-order valence-electron chi connectivity index (χ0n) is 10.9. The molecule has 1 heterocycles. The fraction of sp³-hybridized carbons (Fsp3) is 0.500. The molecule has 1 N–H and O–H groups in total. The van der Waals surface area contributed by atoms with Crippen LogP contribution in [0.5, 0.6) is 0 Å². The van der Waals surface area contributed by atoms with E-state index in [0.29, 0.717) is 5.25 Å². The summed E-state index contributed by atoms with van der Waals surface area (Å²) in [6.45, 7) is 5.37. The third kappa shape index (κ3) is 3.51. The topological polar surface area (TPSA) is 24.4 Å². The Kier molecular flexibility index (Phi) is 5.13. The monoisotopic (exact) mass is 326 g/mol. The zero-order chi connectivity index (χ0) is 13.0. The summed E-state index contributed by atoms with van der Waals surface area (Å²) in [5, 5.41) is 5.21. The first kappa shape index (κ1) is 13.9. The summed E-state index contributed by atoms with van der Waals surface area (Å²) in [7, 11) is 0. The first-order valence-electron chi connectivity index (χ1n) is 6.49. The molecule has 0 radical (unpaired) electrons. The van der Waals surface area contributed by atoms with Gasteiger partial charge in [0.05, 0.1) is 6.54 Å².